The molecule has 0 spiro atoms. The first-order chi connectivity index (χ1) is 16.7. The number of halogens is 1. The number of benzene rings is 2. The molecule has 1 aliphatic heterocycles. The summed E-state index contributed by atoms with van der Waals surface area (Å²) in [6.07, 6.45) is 0. The molecule has 1 aliphatic rings. The molecule has 182 valence electrons. The van der Waals surface area contributed by atoms with Crippen LogP contribution in [-0.4, -0.2) is 69.7 Å². The summed E-state index contributed by atoms with van der Waals surface area (Å²) in [5.41, 5.74) is 0.628. The highest BCUT2D eigenvalue weighted by atomic mass is 35.5. The number of rotatable bonds is 5. The van der Waals surface area contributed by atoms with Gasteiger partial charge in [0.1, 0.15) is 6.04 Å². The summed E-state index contributed by atoms with van der Waals surface area (Å²) in [4.78, 5) is 61.5. The lowest BCUT2D eigenvalue weighted by molar-refractivity contribution is -0.135. The molecule has 0 aliphatic carbocycles. The Morgan fingerprint density at radius 3 is 2.26 bits per heavy atom. The second-order valence-electron chi connectivity index (χ2n) is 8.75. The minimum Gasteiger partial charge on any atom is -0.338 e. The van der Waals surface area contributed by atoms with Gasteiger partial charge in [-0.1, -0.05) is 37.6 Å². The van der Waals surface area contributed by atoms with E-state index in [9.17, 15) is 19.2 Å². The molecule has 9 nitrogen and oxygen atoms in total. The molecular formula is C25H26ClN5O4. The van der Waals surface area contributed by atoms with Gasteiger partial charge in [-0.25, -0.2) is 4.98 Å². The number of aromatic nitrogens is 2. The van der Waals surface area contributed by atoms with Crippen LogP contribution in [0.3, 0.4) is 0 Å². The fourth-order valence-corrected chi connectivity index (χ4v) is 4.13. The Morgan fingerprint density at radius 2 is 1.60 bits per heavy atom. The molecule has 1 aromatic heterocycles. The summed E-state index contributed by atoms with van der Waals surface area (Å²) >= 11 is 5.90. The number of carbonyl (C=O) groups is 3. The quantitative estimate of drug-likeness (QED) is 0.563. The second kappa shape index (κ2) is 10.3. The van der Waals surface area contributed by atoms with Crippen molar-refractivity contribution >= 4 is 40.4 Å². The topological polar surface area (TPSA) is 115 Å². The van der Waals surface area contributed by atoms with Crippen LogP contribution in [-0.2, 0) is 4.79 Å². The van der Waals surface area contributed by atoms with Crippen LogP contribution in [0.25, 0.3) is 11.0 Å². The lowest BCUT2D eigenvalue weighted by Gasteiger charge is -2.37. The zero-order valence-electron chi connectivity index (χ0n) is 19.5. The van der Waals surface area contributed by atoms with Gasteiger partial charge in [0.05, 0.1) is 11.0 Å². The highest BCUT2D eigenvalue weighted by Gasteiger charge is 2.32. The van der Waals surface area contributed by atoms with E-state index in [4.69, 9.17) is 11.6 Å². The predicted octanol–water partition coefficient (Wildman–Crippen LogP) is 2.32. The van der Waals surface area contributed by atoms with Crippen LogP contribution in [0.15, 0.2) is 53.3 Å². The van der Waals surface area contributed by atoms with Gasteiger partial charge in [-0.05, 0) is 42.3 Å². The Hall–Kier alpha value is -3.72. The molecule has 3 amide bonds. The molecule has 0 saturated carbocycles. The van der Waals surface area contributed by atoms with Gasteiger partial charge in [-0.15, -0.1) is 0 Å². The molecule has 2 heterocycles. The smallest absolute Gasteiger partial charge is 0.280 e. The van der Waals surface area contributed by atoms with Gasteiger partial charge in [0.2, 0.25) is 5.91 Å². The van der Waals surface area contributed by atoms with Crippen LogP contribution in [0.2, 0.25) is 5.02 Å². The molecule has 1 fully saturated rings. The van der Waals surface area contributed by atoms with E-state index in [2.05, 4.69) is 15.3 Å². The molecular weight excluding hydrogens is 470 g/mol. The summed E-state index contributed by atoms with van der Waals surface area (Å²) in [6.45, 7) is 5.07. The SMILES string of the molecule is CC(C)[C@H](NC(=O)c1nc2ccccc2[nH]c1=O)C(=O)N1CCN(C(=O)c2ccc(Cl)cc2)CC1. The number of nitrogens with zero attached hydrogens (tertiary/aromatic N) is 3. The van der Waals surface area contributed by atoms with E-state index >= 15 is 0 Å². The van der Waals surface area contributed by atoms with E-state index in [0.29, 0.717) is 47.8 Å². The monoisotopic (exact) mass is 495 g/mol. The van der Waals surface area contributed by atoms with Crippen molar-refractivity contribution in [2.75, 3.05) is 26.2 Å². The molecule has 35 heavy (non-hydrogen) atoms. The highest BCUT2D eigenvalue weighted by molar-refractivity contribution is 6.30. The van der Waals surface area contributed by atoms with Crippen LogP contribution < -0.4 is 10.9 Å². The van der Waals surface area contributed by atoms with Crippen molar-refractivity contribution in [3.05, 3.63) is 75.2 Å². The molecule has 2 aromatic carbocycles. The number of fused-ring (bicyclic) bond motifs is 1. The summed E-state index contributed by atoms with van der Waals surface area (Å²) in [6, 6.07) is 12.8. The van der Waals surface area contributed by atoms with Crippen molar-refractivity contribution in [3.63, 3.8) is 0 Å². The van der Waals surface area contributed by atoms with Crippen LogP contribution in [0.4, 0.5) is 0 Å². The molecule has 0 radical (unpaired) electrons. The average Bonchev–Trinajstić information content (AvgIpc) is 2.86. The third-order valence-electron chi connectivity index (χ3n) is 6.00. The molecule has 3 aromatic rings. The van der Waals surface area contributed by atoms with Gasteiger partial charge in [-0.3, -0.25) is 19.2 Å². The van der Waals surface area contributed by atoms with Gasteiger partial charge in [-0.2, -0.15) is 0 Å². The normalized spacial score (nSPS) is 14.7. The Kier molecular flexibility index (Phi) is 7.16. The predicted molar refractivity (Wildman–Crippen MR) is 132 cm³/mol. The molecule has 2 N–H and O–H groups in total. The maximum absolute atomic E-state index is 13.3. The Labute approximate surface area is 207 Å². The molecule has 10 heteroatoms. The molecule has 0 unspecified atom stereocenters. The first-order valence-electron chi connectivity index (χ1n) is 11.4. The van der Waals surface area contributed by atoms with Crippen LogP contribution >= 0.6 is 11.6 Å². The van der Waals surface area contributed by atoms with E-state index in [1.165, 1.54) is 0 Å². The van der Waals surface area contributed by atoms with Gasteiger partial charge >= 0.3 is 0 Å². The summed E-state index contributed by atoms with van der Waals surface area (Å²) in [5, 5.41) is 3.25. The van der Waals surface area contributed by atoms with Crippen molar-refractivity contribution in [3.8, 4) is 0 Å². The van der Waals surface area contributed by atoms with E-state index in [-0.39, 0.29) is 23.4 Å². The zero-order valence-corrected chi connectivity index (χ0v) is 20.2. The summed E-state index contributed by atoms with van der Waals surface area (Å²) < 4.78 is 0. The Morgan fingerprint density at radius 1 is 0.971 bits per heavy atom. The Bertz CT molecular complexity index is 1310. The maximum atomic E-state index is 13.3. The number of hydrogen-bond acceptors (Lipinski definition) is 5. The lowest BCUT2D eigenvalue weighted by atomic mass is 10.0. The fraction of sp³-hybridized carbons (Fsp3) is 0.320. The molecule has 1 saturated heterocycles. The van der Waals surface area contributed by atoms with Crippen molar-refractivity contribution in [1.82, 2.24) is 25.1 Å². The standard InChI is InChI=1S/C25H26ClN5O4/c1-15(2)20(29-23(33)21-22(32)28-19-6-4-3-5-18(19)27-21)25(35)31-13-11-30(12-14-31)24(34)16-7-9-17(26)10-8-16/h3-10,15,20H,11-14H2,1-2H3,(H,28,32)(H,29,33)/t20-/m0/s1. The van der Waals surface area contributed by atoms with Crippen molar-refractivity contribution < 1.29 is 14.4 Å². The first-order valence-corrected chi connectivity index (χ1v) is 11.8. The number of aromatic amines is 1. The summed E-state index contributed by atoms with van der Waals surface area (Å²) in [7, 11) is 0. The number of H-pyrrole nitrogens is 1. The minimum absolute atomic E-state index is 0.121. The Balaban J connectivity index is 1.42. The number of amides is 3. The number of hydrogen-bond donors (Lipinski definition) is 2. The number of piperazine rings is 1. The second-order valence-corrected chi connectivity index (χ2v) is 9.19. The van der Waals surface area contributed by atoms with Crippen LogP contribution in [0.1, 0.15) is 34.7 Å². The molecule has 1 atom stereocenters. The number of para-hydroxylation sites is 2. The first kappa shape index (κ1) is 24.4. The molecule has 0 bridgehead atoms. The molecule has 4 rings (SSSR count). The average molecular weight is 496 g/mol. The van der Waals surface area contributed by atoms with E-state index in [1.807, 2.05) is 13.8 Å². The van der Waals surface area contributed by atoms with E-state index in [0.717, 1.165) is 0 Å². The van der Waals surface area contributed by atoms with Crippen molar-refractivity contribution in [1.29, 1.82) is 0 Å². The van der Waals surface area contributed by atoms with Crippen molar-refractivity contribution in [2.45, 2.75) is 19.9 Å². The van der Waals surface area contributed by atoms with Gasteiger partial charge in [0.15, 0.2) is 5.69 Å². The fourth-order valence-electron chi connectivity index (χ4n) is 4.01. The van der Waals surface area contributed by atoms with Crippen LogP contribution in [0.5, 0.6) is 0 Å². The lowest BCUT2D eigenvalue weighted by Crippen LogP contribution is -2.57. The van der Waals surface area contributed by atoms with Crippen LogP contribution in [0, 0.1) is 5.92 Å². The van der Waals surface area contributed by atoms with Gasteiger partial charge in [0, 0.05) is 36.8 Å². The summed E-state index contributed by atoms with van der Waals surface area (Å²) in [5.74, 6) is -1.31. The number of carbonyl (C=O) groups excluding carboxylic acids is 3. The van der Waals surface area contributed by atoms with Gasteiger partial charge < -0.3 is 20.1 Å². The third-order valence-corrected chi connectivity index (χ3v) is 6.26. The highest BCUT2D eigenvalue weighted by Crippen LogP contribution is 2.15. The largest absolute Gasteiger partial charge is 0.338 e. The van der Waals surface area contributed by atoms with Gasteiger partial charge in [0.25, 0.3) is 17.4 Å². The third kappa shape index (κ3) is 5.35. The van der Waals surface area contributed by atoms with Crippen molar-refractivity contribution in [2.24, 2.45) is 5.92 Å². The maximum Gasteiger partial charge on any atom is 0.280 e. The minimum atomic E-state index is -0.839. The van der Waals surface area contributed by atoms with E-state index < -0.39 is 17.5 Å². The number of nitrogens with one attached hydrogen (secondary N) is 2. The van der Waals surface area contributed by atoms with E-state index in [1.54, 1.807) is 58.3 Å². The zero-order chi connectivity index (χ0) is 25.1.